The van der Waals surface area contributed by atoms with Crippen molar-refractivity contribution in [2.75, 3.05) is 0 Å². The van der Waals surface area contributed by atoms with Crippen molar-refractivity contribution >= 4 is 0 Å². The highest BCUT2D eigenvalue weighted by Crippen LogP contribution is 2.21. The first-order chi connectivity index (χ1) is 13.8. The average molecular weight is 406 g/mol. The van der Waals surface area contributed by atoms with Crippen LogP contribution in [0.1, 0.15) is 79.1 Å². The van der Waals surface area contributed by atoms with Crippen molar-refractivity contribution in [3.63, 3.8) is 0 Å². The SMILES string of the molecule is CC(C)(C)c1ccccn1.CC(C)(C)c1cccnc1.CC(C)(C)c1ccncc1. The predicted octanol–water partition coefficient (Wildman–Crippen LogP) is 7.14. The topological polar surface area (TPSA) is 38.7 Å². The minimum Gasteiger partial charge on any atom is -0.265 e. The predicted molar refractivity (Wildman–Crippen MR) is 129 cm³/mol. The first kappa shape index (κ1) is 25.5. The molecule has 0 aliphatic rings. The van der Waals surface area contributed by atoms with Gasteiger partial charge in [-0.3, -0.25) is 15.0 Å². The number of hydrogen-bond donors (Lipinski definition) is 0. The fourth-order valence-corrected chi connectivity index (χ4v) is 2.46. The zero-order valence-electron chi connectivity index (χ0n) is 20.3. The Labute approximate surface area is 184 Å². The lowest BCUT2D eigenvalue weighted by Gasteiger charge is -2.17. The average Bonchev–Trinajstić information content (AvgIpc) is 2.69. The second-order valence-corrected chi connectivity index (χ2v) is 10.4. The molecule has 0 unspecified atom stereocenters. The van der Waals surface area contributed by atoms with E-state index in [-0.39, 0.29) is 16.2 Å². The molecule has 0 N–H and O–H groups in total. The van der Waals surface area contributed by atoms with Crippen LogP contribution in [0.3, 0.4) is 0 Å². The Morgan fingerprint density at radius 2 is 1.10 bits per heavy atom. The Balaban J connectivity index is 0.000000225. The third-order valence-corrected chi connectivity index (χ3v) is 4.51. The lowest BCUT2D eigenvalue weighted by Crippen LogP contribution is -2.12. The van der Waals surface area contributed by atoms with Crippen molar-refractivity contribution in [2.24, 2.45) is 0 Å². The highest BCUT2D eigenvalue weighted by molar-refractivity contribution is 5.19. The highest BCUT2D eigenvalue weighted by atomic mass is 14.7. The summed E-state index contributed by atoms with van der Waals surface area (Å²) in [4.78, 5) is 12.3. The second-order valence-electron chi connectivity index (χ2n) is 10.4. The Bertz CT molecular complexity index is 705. The molecule has 0 saturated carbocycles. The molecule has 0 aliphatic heterocycles. The molecule has 0 bridgehead atoms. The zero-order chi connectivity index (χ0) is 22.8. The van der Waals surface area contributed by atoms with Gasteiger partial charge in [-0.15, -0.1) is 0 Å². The van der Waals surface area contributed by atoms with E-state index < -0.39 is 0 Å². The monoisotopic (exact) mass is 405 g/mol. The van der Waals surface area contributed by atoms with Crippen LogP contribution >= 0.6 is 0 Å². The maximum Gasteiger partial charge on any atom is 0.0457 e. The van der Waals surface area contributed by atoms with Crippen molar-refractivity contribution in [3.8, 4) is 0 Å². The van der Waals surface area contributed by atoms with Crippen molar-refractivity contribution in [3.05, 3.63) is 90.3 Å². The molecule has 30 heavy (non-hydrogen) atoms. The van der Waals surface area contributed by atoms with E-state index in [0.717, 1.165) is 5.69 Å². The molecule has 3 aromatic heterocycles. The van der Waals surface area contributed by atoms with Crippen LogP contribution in [-0.2, 0) is 16.2 Å². The number of pyridine rings is 3. The van der Waals surface area contributed by atoms with E-state index in [4.69, 9.17) is 0 Å². The summed E-state index contributed by atoms with van der Waals surface area (Å²) in [6.45, 7) is 19.6. The smallest absolute Gasteiger partial charge is 0.0457 e. The summed E-state index contributed by atoms with van der Waals surface area (Å²) in [6.07, 6.45) is 9.22. The van der Waals surface area contributed by atoms with Crippen molar-refractivity contribution in [1.82, 2.24) is 15.0 Å². The van der Waals surface area contributed by atoms with Gasteiger partial charge in [-0.05, 0) is 52.3 Å². The summed E-state index contributed by atoms with van der Waals surface area (Å²) in [5, 5.41) is 0. The van der Waals surface area contributed by atoms with Gasteiger partial charge in [-0.1, -0.05) is 74.4 Å². The molecular weight excluding hydrogens is 366 g/mol. The summed E-state index contributed by atoms with van der Waals surface area (Å²) in [5.74, 6) is 0. The van der Waals surface area contributed by atoms with Crippen LogP contribution in [0.15, 0.2) is 73.4 Å². The summed E-state index contributed by atoms with van der Waals surface area (Å²) in [7, 11) is 0. The Morgan fingerprint density at radius 1 is 0.500 bits per heavy atom. The minimum absolute atomic E-state index is 0.182. The molecule has 3 rings (SSSR count). The number of hydrogen-bond acceptors (Lipinski definition) is 3. The quantitative estimate of drug-likeness (QED) is 0.399. The molecule has 0 saturated heterocycles. The van der Waals surface area contributed by atoms with Crippen LogP contribution in [0, 0.1) is 0 Å². The molecule has 0 amide bonds. The van der Waals surface area contributed by atoms with Crippen LogP contribution in [0.25, 0.3) is 0 Å². The van der Waals surface area contributed by atoms with E-state index in [1.807, 2.05) is 43.0 Å². The summed E-state index contributed by atoms with van der Waals surface area (Å²) in [6, 6.07) is 14.2. The van der Waals surface area contributed by atoms with E-state index in [9.17, 15) is 0 Å². The molecule has 0 radical (unpaired) electrons. The Hall–Kier alpha value is -2.55. The third-order valence-electron chi connectivity index (χ3n) is 4.51. The van der Waals surface area contributed by atoms with E-state index in [2.05, 4.69) is 102 Å². The van der Waals surface area contributed by atoms with Gasteiger partial charge in [-0.25, -0.2) is 0 Å². The molecule has 3 heterocycles. The second kappa shape index (κ2) is 11.0. The molecule has 162 valence electrons. The van der Waals surface area contributed by atoms with Crippen LogP contribution in [0.2, 0.25) is 0 Å². The maximum absolute atomic E-state index is 4.25. The molecule has 0 atom stereocenters. The van der Waals surface area contributed by atoms with Gasteiger partial charge in [0.05, 0.1) is 0 Å². The molecule has 3 aromatic rings. The molecule has 0 fully saturated rings. The zero-order valence-corrected chi connectivity index (χ0v) is 20.3. The lowest BCUT2D eigenvalue weighted by atomic mass is 9.88. The van der Waals surface area contributed by atoms with Crippen molar-refractivity contribution < 1.29 is 0 Å². The molecular formula is C27H39N3. The van der Waals surface area contributed by atoms with Gasteiger partial charge in [0.2, 0.25) is 0 Å². The summed E-state index contributed by atoms with van der Waals surface area (Å²) in [5.41, 5.74) is 4.44. The van der Waals surface area contributed by atoms with Crippen LogP contribution in [-0.4, -0.2) is 15.0 Å². The summed E-state index contributed by atoms with van der Waals surface area (Å²) >= 11 is 0. The standard InChI is InChI=1S/3C9H13N/c1-9(2,3)8-4-6-10-7-5-8;1-9(2,3)8-5-4-6-10-7-8;1-9(2,3)8-6-4-5-7-10-8/h3*4-7H,1-3H3. The highest BCUT2D eigenvalue weighted by Gasteiger charge is 2.13. The third kappa shape index (κ3) is 9.78. The molecule has 0 spiro atoms. The number of rotatable bonds is 0. The fourth-order valence-electron chi connectivity index (χ4n) is 2.46. The van der Waals surface area contributed by atoms with Crippen LogP contribution in [0.4, 0.5) is 0 Å². The number of aromatic nitrogens is 3. The van der Waals surface area contributed by atoms with Gasteiger partial charge in [0.25, 0.3) is 0 Å². The van der Waals surface area contributed by atoms with Gasteiger partial charge in [0.15, 0.2) is 0 Å². The molecule has 3 heteroatoms. The van der Waals surface area contributed by atoms with E-state index in [1.165, 1.54) is 11.1 Å². The van der Waals surface area contributed by atoms with Gasteiger partial charge in [0, 0.05) is 42.1 Å². The first-order valence-electron chi connectivity index (χ1n) is 10.5. The van der Waals surface area contributed by atoms with Crippen molar-refractivity contribution in [1.29, 1.82) is 0 Å². The summed E-state index contributed by atoms with van der Waals surface area (Å²) < 4.78 is 0. The maximum atomic E-state index is 4.25. The largest absolute Gasteiger partial charge is 0.265 e. The molecule has 0 aromatic carbocycles. The van der Waals surface area contributed by atoms with Gasteiger partial charge >= 0.3 is 0 Å². The van der Waals surface area contributed by atoms with Gasteiger partial charge < -0.3 is 0 Å². The molecule has 0 aliphatic carbocycles. The minimum atomic E-state index is 0.182. The van der Waals surface area contributed by atoms with E-state index in [0.29, 0.717) is 0 Å². The molecule has 3 nitrogen and oxygen atoms in total. The van der Waals surface area contributed by atoms with E-state index >= 15 is 0 Å². The fraction of sp³-hybridized carbons (Fsp3) is 0.444. The van der Waals surface area contributed by atoms with Gasteiger partial charge in [0.1, 0.15) is 0 Å². The van der Waals surface area contributed by atoms with Crippen LogP contribution in [0.5, 0.6) is 0 Å². The first-order valence-corrected chi connectivity index (χ1v) is 10.5. The normalized spacial score (nSPS) is 11.5. The van der Waals surface area contributed by atoms with Crippen molar-refractivity contribution in [2.45, 2.75) is 78.6 Å². The van der Waals surface area contributed by atoms with Crippen LogP contribution < -0.4 is 0 Å². The Morgan fingerprint density at radius 3 is 1.40 bits per heavy atom. The van der Waals surface area contributed by atoms with E-state index in [1.54, 1.807) is 6.20 Å². The Kier molecular flexibility index (Phi) is 9.35. The lowest BCUT2D eigenvalue weighted by molar-refractivity contribution is 0.569. The number of nitrogens with zero attached hydrogens (tertiary/aromatic N) is 3. The van der Waals surface area contributed by atoms with Gasteiger partial charge in [-0.2, -0.15) is 0 Å².